The van der Waals surface area contributed by atoms with Gasteiger partial charge in [0.1, 0.15) is 5.76 Å². The Morgan fingerprint density at radius 1 is 1.35 bits per heavy atom. The highest BCUT2D eigenvalue weighted by atomic mass is 19.2. The molecule has 92 valence electrons. The van der Waals surface area contributed by atoms with Gasteiger partial charge in [-0.2, -0.15) is 0 Å². The third kappa shape index (κ3) is 2.64. The number of hydrogen-bond donors (Lipinski definition) is 1. The first kappa shape index (κ1) is 12.0. The van der Waals surface area contributed by atoms with Crippen LogP contribution in [0.5, 0.6) is 0 Å². The van der Waals surface area contributed by atoms with Gasteiger partial charge in [-0.05, 0) is 30.3 Å². The second-order valence-electron chi connectivity index (χ2n) is 3.91. The zero-order valence-corrected chi connectivity index (χ0v) is 9.67. The van der Waals surface area contributed by atoms with E-state index in [4.69, 9.17) is 4.74 Å². The molecule has 0 aromatic heterocycles. The van der Waals surface area contributed by atoms with Crippen molar-refractivity contribution in [2.45, 2.75) is 19.4 Å². The molecule has 0 fully saturated rings. The standard InChI is InChI=1S/C13H15F2NO/c1-2-16-13(12-4-3-7-17-12)9-5-6-10(14)11(15)8-9/h4-6,8,13,16H,2-3,7H2,1H3. The summed E-state index contributed by atoms with van der Waals surface area (Å²) in [5.41, 5.74) is 0.680. The predicted octanol–water partition coefficient (Wildman–Crippen LogP) is 2.92. The molecule has 1 aromatic carbocycles. The second kappa shape index (κ2) is 5.27. The van der Waals surface area contributed by atoms with E-state index in [-0.39, 0.29) is 6.04 Å². The van der Waals surface area contributed by atoms with Crippen molar-refractivity contribution in [3.63, 3.8) is 0 Å². The molecule has 0 saturated heterocycles. The first-order valence-electron chi connectivity index (χ1n) is 5.73. The van der Waals surface area contributed by atoms with E-state index >= 15 is 0 Å². The Morgan fingerprint density at radius 2 is 2.18 bits per heavy atom. The van der Waals surface area contributed by atoms with Crippen LogP contribution >= 0.6 is 0 Å². The van der Waals surface area contributed by atoms with Crippen molar-refractivity contribution in [1.82, 2.24) is 5.32 Å². The van der Waals surface area contributed by atoms with Crippen molar-refractivity contribution < 1.29 is 13.5 Å². The van der Waals surface area contributed by atoms with E-state index in [1.165, 1.54) is 6.07 Å². The summed E-state index contributed by atoms with van der Waals surface area (Å²) in [6.45, 7) is 3.34. The first-order chi connectivity index (χ1) is 8.22. The van der Waals surface area contributed by atoms with Crippen LogP contribution in [-0.4, -0.2) is 13.2 Å². The fourth-order valence-corrected chi connectivity index (χ4v) is 1.92. The van der Waals surface area contributed by atoms with Crippen molar-refractivity contribution >= 4 is 0 Å². The number of ether oxygens (including phenoxy) is 1. The van der Waals surface area contributed by atoms with Crippen LogP contribution in [0, 0.1) is 11.6 Å². The first-order valence-corrected chi connectivity index (χ1v) is 5.73. The van der Waals surface area contributed by atoms with Crippen LogP contribution in [0.3, 0.4) is 0 Å². The lowest BCUT2D eigenvalue weighted by Gasteiger charge is -2.19. The maximum atomic E-state index is 13.2. The van der Waals surface area contributed by atoms with Crippen molar-refractivity contribution in [3.8, 4) is 0 Å². The third-order valence-corrected chi connectivity index (χ3v) is 2.70. The fourth-order valence-electron chi connectivity index (χ4n) is 1.92. The molecule has 1 aromatic rings. The third-order valence-electron chi connectivity index (χ3n) is 2.70. The average molecular weight is 239 g/mol. The number of benzene rings is 1. The molecule has 0 spiro atoms. The van der Waals surface area contributed by atoms with Gasteiger partial charge < -0.3 is 10.1 Å². The molecule has 0 amide bonds. The fraction of sp³-hybridized carbons (Fsp3) is 0.385. The molecule has 1 unspecified atom stereocenters. The minimum absolute atomic E-state index is 0.197. The van der Waals surface area contributed by atoms with Gasteiger partial charge in [-0.15, -0.1) is 0 Å². The smallest absolute Gasteiger partial charge is 0.159 e. The average Bonchev–Trinajstić information content (AvgIpc) is 2.83. The van der Waals surface area contributed by atoms with E-state index < -0.39 is 11.6 Å². The summed E-state index contributed by atoms with van der Waals surface area (Å²) in [6, 6.07) is 3.74. The summed E-state index contributed by atoms with van der Waals surface area (Å²) < 4.78 is 31.6. The lowest BCUT2D eigenvalue weighted by molar-refractivity contribution is 0.216. The minimum Gasteiger partial charge on any atom is -0.496 e. The van der Waals surface area contributed by atoms with Crippen molar-refractivity contribution in [3.05, 3.63) is 47.2 Å². The van der Waals surface area contributed by atoms with Crippen molar-refractivity contribution in [2.75, 3.05) is 13.2 Å². The molecule has 0 aliphatic carbocycles. The molecule has 1 aliphatic rings. The summed E-state index contributed by atoms with van der Waals surface area (Å²) in [7, 11) is 0. The summed E-state index contributed by atoms with van der Waals surface area (Å²) in [5, 5.41) is 3.21. The normalized spacial score (nSPS) is 16.5. The quantitative estimate of drug-likeness (QED) is 0.872. The maximum absolute atomic E-state index is 13.2. The zero-order chi connectivity index (χ0) is 12.3. The van der Waals surface area contributed by atoms with E-state index in [1.54, 1.807) is 6.07 Å². The topological polar surface area (TPSA) is 21.3 Å². The molecular formula is C13H15F2NO. The molecular weight excluding hydrogens is 224 g/mol. The van der Waals surface area contributed by atoms with Gasteiger partial charge in [-0.25, -0.2) is 8.78 Å². The van der Waals surface area contributed by atoms with Gasteiger partial charge in [0.05, 0.1) is 12.6 Å². The van der Waals surface area contributed by atoms with Crippen LogP contribution in [0.2, 0.25) is 0 Å². The molecule has 1 heterocycles. The molecule has 2 rings (SSSR count). The van der Waals surface area contributed by atoms with Crippen LogP contribution in [0.4, 0.5) is 8.78 Å². The Bertz CT molecular complexity index is 431. The van der Waals surface area contributed by atoms with Crippen LogP contribution in [0.15, 0.2) is 30.0 Å². The molecule has 1 N–H and O–H groups in total. The summed E-state index contributed by atoms with van der Waals surface area (Å²) >= 11 is 0. The summed E-state index contributed by atoms with van der Waals surface area (Å²) in [5.74, 6) is -0.868. The molecule has 17 heavy (non-hydrogen) atoms. The van der Waals surface area contributed by atoms with Gasteiger partial charge in [0, 0.05) is 6.42 Å². The Hall–Kier alpha value is -1.42. The van der Waals surface area contributed by atoms with Crippen molar-refractivity contribution in [1.29, 1.82) is 0 Å². The van der Waals surface area contributed by atoms with E-state index in [2.05, 4.69) is 5.32 Å². The van der Waals surface area contributed by atoms with Gasteiger partial charge in [0.25, 0.3) is 0 Å². The number of nitrogens with one attached hydrogen (secondary N) is 1. The molecule has 4 heteroatoms. The Kier molecular flexibility index (Phi) is 3.74. The highest BCUT2D eigenvalue weighted by molar-refractivity contribution is 5.28. The SMILES string of the molecule is CCNC(C1=CCCO1)c1ccc(F)c(F)c1. The lowest BCUT2D eigenvalue weighted by Crippen LogP contribution is -2.23. The van der Waals surface area contributed by atoms with Crippen LogP contribution in [0.25, 0.3) is 0 Å². The van der Waals surface area contributed by atoms with Gasteiger partial charge in [0.15, 0.2) is 11.6 Å². The highest BCUT2D eigenvalue weighted by Crippen LogP contribution is 2.27. The second-order valence-corrected chi connectivity index (χ2v) is 3.91. The highest BCUT2D eigenvalue weighted by Gasteiger charge is 2.20. The Labute approximate surface area is 99.3 Å². The molecule has 0 radical (unpaired) electrons. The van der Waals surface area contributed by atoms with Gasteiger partial charge in [-0.3, -0.25) is 0 Å². The summed E-state index contributed by atoms with van der Waals surface area (Å²) in [6.07, 6.45) is 2.84. The summed E-state index contributed by atoms with van der Waals surface area (Å²) in [4.78, 5) is 0. The number of rotatable bonds is 4. The number of hydrogen-bond acceptors (Lipinski definition) is 2. The largest absolute Gasteiger partial charge is 0.496 e. The molecule has 0 saturated carbocycles. The van der Waals surface area contributed by atoms with Crippen LogP contribution < -0.4 is 5.32 Å². The number of halogens is 2. The van der Waals surface area contributed by atoms with Gasteiger partial charge in [0.2, 0.25) is 0 Å². The van der Waals surface area contributed by atoms with Crippen molar-refractivity contribution in [2.24, 2.45) is 0 Å². The monoisotopic (exact) mass is 239 g/mol. The van der Waals surface area contributed by atoms with E-state index in [9.17, 15) is 8.78 Å². The van der Waals surface area contributed by atoms with E-state index in [1.807, 2.05) is 13.0 Å². The number of likely N-dealkylation sites (N-methyl/N-ethyl adjacent to an activating group) is 1. The van der Waals surface area contributed by atoms with E-state index in [0.717, 1.165) is 24.8 Å². The lowest BCUT2D eigenvalue weighted by atomic mass is 10.0. The maximum Gasteiger partial charge on any atom is 0.159 e. The van der Waals surface area contributed by atoms with Crippen LogP contribution in [-0.2, 0) is 4.74 Å². The Morgan fingerprint density at radius 3 is 2.76 bits per heavy atom. The van der Waals surface area contributed by atoms with Gasteiger partial charge in [-0.1, -0.05) is 13.0 Å². The van der Waals surface area contributed by atoms with Gasteiger partial charge >= 0.3 is 0 Å². The molecule has 1 aliphatic heterocycles. The molecule has 0 bridgehead atoms. The zero-order valence-electron chi connectivity index (χ0n) is 9.67. The predicted molar refractivity (Wildman–Crippen MR) is 61.4 cm³/mol. The Balaban J connectivity index is 2.28. The molecule has 2 nitrogen and oxygen atoms in total. The van der Waals surface area contributed by atoms with E-state index in [0.29, 0.717) is 12.2 Å². The van der Waals surface area contributed by atoms with Crippen LogP contribution in [0.1, 0.15) is 24.9 Å². The minimum atomic E-state index is -0.830. The molecule has 1 atom stereocenters.